The lowest BCUT2D eigenvalue weighted by Crippen LogP contribution is -2.29. The molecule has 0 amide bonds. The topological polar surface area (TPSA) is 44.8 Å². The van der Waals surface area contributed by atoms with Gasteiger partial charge in [-0.15, -0.1) is 0 Å². The van der Waals surface area contributed by atoms with Crippen LogP contribution in [-0.4, -0.2) is 28.3 Å². The highest BCUT2D eigenvalue weighted by atomic mass is 15.3. The highest BCUT2D eigenvalue weighted by Crippen LogP contribution is 2.25. The van der Waals surface area contributed by atoms with Crippen LogP contribution in [0.4, 0.5) is 5.82 Å². The van der Waals surface area contributed by atoms with Gasteiger partial charge >= 0.3 is 0 Å². The van der Waals surface area contributed by atoms with E-state index in [1.165, 1.54) is 24.6 Å². The lowest BCUT2D eigenvalue weighted by molar-refractivity contribution is 0.574. The molecule has 1 aliphatic rings. The maximum Gasteiger partial charge on any atom is 0.158 e. The van der Waals surface area contributed by atoms with Crippen LogP contribution in [-0.2, 0) is 0 Å². The zero-order valence-electron chi connectivity index (χ0n) is 8.61. The van der Waals surface area contributed by atoms with Crippen LogP contribution in [0.2, 0.25) is 0 Å². The van der Waals surface area contributed by atoms with E-state index < -0.39 is 0 Å². The standard InChI is InChI=1S/C11H14N4/c1-2-6-15(7-3-1)11-9-4-5-12-8-10(9)13-14-11/h4-5,8H,1-3,6-7H2,(H,13,14). The van der Waals surface area contributed by atoms with Crippen LogP contribution in [0.15, 0.2) is 18.5 Å². The normalized spacial score (nSPS) is 17.2. The summed E-state index contributed by atoms with van der Waals surface area (Å²) in [5.74, 6) is 1.09. The Morgan fingerprint density at radius 2 is 2.07 bits per heavy atom. The highest BCUT2D eigenvalue weighted by molar-refractivity contribution is 5.89. The Bertz CT molecular complexity index is 456. The van der Waals surface area contributed by atoms with Gasteiger partial charge in [-0.3, -0.25) is 10.1 Å². The number of fused-ring (bicyclic) bond motifs is 1. The van der Waals surface area contributed by atoms with Gasteiger partial charge in [0.15, 0.2) is 5.82 Å². The molecule has 1 fully saturated rings. The Hall–Kier alpha value is -1.58. The minimum atomic E-state index is 1.03. The fraction of sp³-hybridized carbons (Fsp3) is 0.455. The number of aromatic amines is 1. The molecule has 2 aromatic rings. The summed E-state index contributed by atoms with van der Waals surface area (Å²) in [4.78, 5) is 6.44. The summed E-state index contributed by atoms with van der Waals surface area (Å²) in [5.41, 5.74) is 1.03. The second-order valence-corrected chi connectivity index (χ2v) is 4.02. The third kappa shape index (κ3) is 1.46. The van der Waals surface area contributed by atoms with E-state index in [-0.39, 0.29) is 0 Å². The number of hydrogen-bond acceptors (Lipinski definition) is 3. The molecule has 0 aliphatic carbocycles. The first-order valence-electron chi connectivity index (χ1n) is 5.48. The first-order chi connectivity index (χ1) is 7.45. The van der Waals surface area contributed by atoms with Crippen molar-refractivity contribution in [2.75, 3.05) is 18.0 Å². The minimum absolute atomic E-state index is 1.03. The number of nitrogens with zero attached hydrogens (tertiary/aromatic N) is 3. The van der Waals surface area contributed by atoms with Crippen LogP contribution in [0.3, 0.4) is 0 Å². The van der Waals surface area contributed by atoms with Gasteiger partial charge in [-0.05, 0) is 25.3 Å². The van der Waals surface area contributed by atoms with Gasteiger partial charge in [0, 0.05) is 24.7 Å². The van der Waals surface area contributed by atoms with Crippen molar-refractivity contribution < 1.29 is 0 Å². The van der Waals surface area contributed by atoms with Gasteiger partial charge in [-0.25, -0.2) is 0 Å². The SMILES string of the molecule is c1cc2c(N3CCCCC3)n[nH]c2cn1. The summed E-state index contributed by atoms with van der Waals surface area (Å²) < 4.78 is 0. The first kappa shape index (κ1) is 8.71. The number of rotatable bonds is 1. The molecule has 1 aliphatic heterocycles. The number of hydrogen-bond donors (Lipinski definition) is 1. The van der Waals surface area contributed by atoms with Crippen molar-refractivity contribution in [3.05, 3.63) is 18.5 Å². The van der Waals surface area contributed by atoms with Gasteiger partial charge in [-0.1, -0.05) is 0 Å². The number of piperidine rings is 1. The van der Waals surface area contributed by atoms with Crippen LogP contribution in [0.25, 0.3) is 10.9 Å². The quantitative estimate of drug-likeness (QED) is 0.768. The molecule has 15 heavy (non-hydrogen) atoms. The zero-order valence-corrected chi connectivity index (χ0v) is 8.61. The second kappa shape index (κ2) is 3.53. The van der Waals surface area contributed by atoms with E-state index in [0.29, 0.717) is 0 Å². The predicted octanol–water partition coefficient (Wildman–Crippen LogP) is 1.95. The van der Waals surface area contributed by atoms with E-state index >= 15 is 0 Å². The third-order valence-electron chi connectivity index (χ3n) is 3.00. The third-order valence-corrected chi connectivity index (χ3v) is 3.00. The number of aromatic nitrogens is 3. The Labute approximate surface area is 88.3 Å². The largest absolute Gasteiger partial charge is 0.355 e. The molecule has 78 valence electrons. The van der Waals surface area contributed by atoms with Gasteiger partial charge in [0.05, 0.1) is 11.7 Å². The van der Waals surface area contributed by atoms with E-state index in [4.69, 9.17) is 0 Å². The molecule has 0 atom stereocenters. The van der Waals surface area contributed by atoms with Crippen molar-refractivity contribution in [3.8, 4) is 0 Å². The number of anilines is 1. The van der Waals surface area contributed by atoms with Crippen molar-refractivity contribution >= 4 is 16.7 Å². The molecule has 0 bridgehead atoms. The average molecular weight is 202 g/mol. The zero-order chi connectivity index (χ0) is 10.1. The van der Waals surface area contributed by atoms with Gasteiger partial charge in [0.2, 0.25) is 0 Å². The average Bonchev–Trinajstić information content (AvgIpc) is 2.74. The summed E-state index contributed by atoms with van der Waals surface area (Å²) in [6, 6.07) is 2.03. The molecule has 3 heterocycles. The maximum absolute atomic E-state index is 4.38. The van der Waals surface area contributed by atoms with Crippen LogP contribution in [0.5, 0.6) is 0 Å². The molecule has 4 nitrogen and oxygen atoms in total. The Morgan fingerprint density at radius 3 is 2.93 bits per heavy atom. The summed E-state index contributed by atoms with van der Waals surface area (Å²) in [7, 11) is 0. The fourth-order valence-electron chi connectivity index (χ4n) is 2.20. The van der Waals surface area contributed by atoms with Crippen molar-refractivity contribution in [2.45, 2.75) is 19.3 Å². The Balaban J connectivity index is 2.02. The summed E-state index contributed by atoms with van der Waals surface area (Å²) in [6.45, 7) is 2.25. The van der Waals surface area contributed by atoms with Crippen molar-refractivity contribution in [1.82, 2.24) is 15.2 Å². The Kier molecular flexibility index (Phi) is 2.05. The maximum atomic E-state index is 4.38. The van der Waals surface area contributed by atoms with Crippen molar-refractivity contribution in [2.24, 2.45) is 0 Å². The van der Waals surface area contributed by atoms with Crippen molar-refractivity contribution in [3.63, 3.8) is 0 Å². The molecule has 3 rings (SSSR count). The lowest BCUT2D eigenvalue weighted by atomic mass is 10.1. The van der Waals surface area contributed by atoms with Crippen LogP contribution in [0.1, 0.15) is 19.3 Å². The van der Waals surface area contributed by atoms with E-state index in [9.17, 15) is 0 Å². The van der Waals surface area contributed by atoms with Crippen LogP contribution in [0, 0.1) is 0 Å². The smallest absolute Gasteiger partial charge is 0.158 e. The predicted molar refractivity (Wildman–Crippen MR) is 60.0 cm³/mol. The van der Waals surface area contributed by atoms with Gasteiger partial charge in [0.25, 0.3) is 0 Å². The van der Waals surface area contributed by atoms with Gasteiger partial charge < -0.3 is 4.90 Å². The minimum Gasteiger partial charge on any atom is -0.355 e. The Morgan fingerprint density at radius 1 is 1.20 bits per heavy atom. The molecule has 0 radical (unpaired) electrons. The molecule has 4 heteroatoms. The summed E-state index contributed by atoms with van der Waals surface area (Å²) in [5, 5.41) is 8.60. The molecule has 1 N–H and O–H groups in total. The molecular formula is C11H14N4. The van der Waals surface area contributed by atoms with E-state index in [0.717, 1.165) is 24.4 Å². The lowest BCUT2D eigenvalue weighted by Gasteiger charge is -2.26. The summed E-state index contributed by atoms with van der Waals surface area (Å²) in [6.07, 6.45) is 7.56. The first-order valence-corrected chi connectivity index (χ1v) is 5.48. The molecule has 0 spiro atoms. The van der Waals surface area contributed by atoms with E-state index in [1.54, 1.807) is 0 Å². The van der Waals surface area contributed by atoms with E-state index in [1.807, 2.05) is 18.5 Å². The highest BCUT2D eigenvalue weighted by Gasteiger charge is 2.15. The van der Waals surface area contributed by atoms with Gasteiger partial charge in [-0.2, -0.15) is 5.10 Å². The summed E-state index contributed by atoms with van der Waals surface area (Å²) >= 11 is 0. The van der Waals surface area contributed by atoms with Gasteiger partial charge in [0.1, 0.15) is 0 Å². The molecule has 0 aromatic carbocycles. The number of nitrogens with one attached hydrogen (secondary N) is 1. The monoisotopic (exact) mass is 202 g/mol. The van der Waals surface area contributed by atoms with E-state index in [2.05, 4.69) is 20.1 Å². The second-order valence-electron chi connectivity index (χ2n) is 4.02. The van der Waals surface area contributed by atoms with Crippen molar-refractivity contribution in [1.29, 1.82) is 0 Å². The van der Waals surface area contributed by atoms with Crippen LogP contribution >= 0.6 is 0 Å². The molecule has 2 aromatic heterocycles. The number of pyridine rings is 1. The molecule has 0 unspecified atom stereocenters. The number of H-pyrrole nitrogens is 1. The fourth-order valence-corrected chi connectivity index (χ4v) is 2.20. The van der Waals surface area contributed by atoms with Crippen LogP contribution < -0.4 is 4.90 Å². The molecule has 0 saturated carbocycles. The molecular weight excluding hydrogens is 188 g/mol. The molecule has 1 saturated heterocycles.